The number of aryl methyl sites for hydroxylation is 1. The molecule has 5 heteroatoms. The summed E-state index contributed by atoms with van der Waals surface area (Å²) in [5.41, 5.74) is 2.19. The lowest BCUT2D eigenvalue weighted by Crippen LogP contribution is -2.44. The predicted molar refractivity (Wildman–Crippen MR) is 97.0 cm³/mol. The van der Waals surface area contributed by atoms with Crippen molar-refractivity contribution in [3.05, 3.63) is 57.8 Å². The molecule has 2 aromatic rings. The van der Waals surface area contributed by atoms with Gasteiger partial charge in [0.1, 0.15) is 0 Å². The quantitative estimate of drug-likeness (QED) is 0.888. The van der Waals surface area contributed by atoms with E-state index in [0.717, 1.165) is 18.4 Å². The molecule has 2 amide bonds. The molecule has 1 unspecified atom stereocenters. The molecule has 1 fully saturated rings. The van der Waals surface area contributed by atoms with E-state index in [2.05, 4.69) is 18.3 Å². The van der Waals surface area contributed by atoms with E-state index in [4.69, 9.17) is 0 Å². The molecule has 0 radical (unpaired) electrons. The van der Waals surface area contributed by atoms with E-state index in [9.17, 15) is 9.90 Å². The summed E-state index contributed by atoms with van der Waals surface area (Å²) in [6, 6.07) is 11.9. The largest absolute Gasteiger partial charge is 0.388 e. The lowest BCUT2D eigenvalue weighted by atomic mass is 9.87. The molecule has 1 aliphatic heterocycles. The van der Waals surface area contributed by atoms with Crippen LogP contribution in [0.3, 0.4) is 0 Å². The van der Waals surface area contributed by atoms with Gasteiger partial charge in [-0.25, -0.2) is 4.79 Å². The second-order valence-corrected chi connectivity index (χ2v) is 7.37. The molecule has 2 N–H and O–H groups in total. The summed E-state index contributed by atoms with van der Waals surface area (Å²) in [5, 5.41) is 15.6. The molecule has 3 rings (SSSR count). The van der Waals surface area contributed by atoms with E-state index in [-0.39, 0.29) is 11.9 Å². The predicted octanol–water partition coefficient (Wildman–Crippen LogP) is 3.71. The number of aliphatic hydroxyl groups excluding tert-OH is 1. The number of carbonyl (C=O) groups excluding carboxylic acids is 1. The van der Waals surface area contributed by atoms with E-state index in [1.807, 2.05) is 40.6 Å². The van der Waals surface area contributed by atoms with Gasteiger partial charge in [-0.1, -0.05) is 30.3 Å². The second-order valence-electron chi connectivity index (χ2n) is 6.37. The summed E-state index contributed by atoms with van der Waals surface area (Å²) in [6.45, 7) is 4.05. The monoisotopic (exact) mass is 344 g/mol. The molecule has 1 aromatic carbocycles. The lowest BCUT2D eigenvalue weighted by molar-refractivity contribution is 0.0665. The highest BCUT2D eigenvalue weighted by molar-refractivity contribution is 7.10. The summed E-state index contributed by atoms with van der Waals surface area (Å²) in [5.74, 6) is 0.219. The van der Waals surface area contributed by atoms with Crippen molar-refractivity contribution in [3.8, 4) is 0 Å². The molecular weight excluding hydrogens is 320 g/mol. The highest BCUT2D eigenvalue weighted by Crippen LogP contribution is 2.30. The Hall–Kier alpha value is -1.85. The fourth-order valence-corrected chi connectivity index (χ4v) is 4.04. The SMILES string of the molecule is Cc1ccsc1CNC(=O)N1CCC(C(O)c2ccccc2)CC1. The van der Waals surface area contributed by atoms with Crippen molar-refractivity contribution < 1.29 is 9.90 Å². The van der Waals surface area contributed by atoms with Crippen LogP contribution in [0.4, 0.5) is 4.79 Å². The van der Waals surface area contributed by atoms with Gasteiger partial charge in [0.25, 0.3) is 0 Å². The number of carbonyl (C=O) groups is 1. The number of rotatable bonds is 4. The number of likely N-dealkylation sites (tertiary alicyclic amines) is 1. The van der Waals surface area contributed by atoms with Crippen LogP contribution >= 0.6 is 11.3 Å². The lowest BCUT2D eigenvalue weighted by Gasteiger charge is -2.34. The molecular formula is C19H24N2O2S. The van der Waals surface area contributed by atoms with Crippen LogP contribution in [-0.2, 0) is 6.54 Å². The first kappa shape index (κ1) is 17.0. The minimum Gasteiger partial charge on any atom is -0.388 e. The van der Waals surface area contributed by atoms with Crippen LogP contribution in [0, 0.1) is 12.8 Å². The van der Waals surface area contributed by atoms with Gasteiger partial charge >= 0.3 is 6.03 Å². The van der Waals surface area contributed by atoms with Crippen LogP contribution in [0.25, 0.3) is 0 Å². The van der Waals surface area contributed by atoms with Crippen LogP contribution in [0.2, 0.25) is 0 Å². The number of urea groups is 1. The number of benzene rings is 1. The Kier molecular flexibility index (Phi) is 5.53. The standard InChI is InChI=1S/C19H24N2O2S/c1-14-9-12-24-17(14)13-20-19(23)21-10-7-16(8-11-21)18(22)15-5-3-2-4-6-15/h2-6,9,12,16,18,22H,7-8,10-11,13H2,1H3,(H,20,23). The van der Waals surface area contributed by atoms with Crippen LogP contribution in [-0.4, -0.2) is 29.1 Å². The van der Waals surface area contributed by atoms with Gasteiger partial charge in [0.2, 0.25) is 0 Å². The number of piperidine rings is 1. The van der Waals surface area contributed by atoms with Gasteiger partial charge in [-0.2, -0.15) is 0 Å². The number of amides is 2. The van der Waals surface area contributed by atoms with Crippen molar-refractivity contribution in [2.75, 3.05) is 13.1 Å². The first-order chi connectivity index (χ1) is 11.6. The second kappa shape index (κ2) is 7.81. The molecule has 1 atom stereocenters. The Bertz CT molecular complexity index is 663. The summed E-state index contributed by atoms with van der Waals surface area (Å²) < 4.78 is 0. The normalized spacial score (nSPS) is 16.8. The highest BCUT2D eigenvalue weighted by Gasteiger charge is 2.28. The number of thiophene rings is 1. The molecule has 128 valence electrons. The number of nitrogens with one attached hydrogen (secondary N) is 1. The molecule has 0 saturated carbocycles. The number of hydrogen-bond donors (Lipinski definition) is 2. The Balaban J connectivity index is 1.48. The molecule has 0 spiro atoms. The van der Waals surface area contributed by atoms with Gasteiger partial charge in [0, 0.05) is 18.0 Å². The van der Waals surface area contributed by atoms with E-state index in [0.29, 0.717) is 19.6 Å². The van der Waals surface area contributed by atoms with Crippen molar-refractivity contribution in [3.63, 3.8) is 0 Å². The van der Waals surface area contributed by atoms with E-state index in [1.165, 1.54) is 10.4 Å². The average molecular weight is 344 g/mol. The molecule has 24 heavy (non-hydrogen) atoms. The fraction of sp³-hybridized carbons (Fsp3) is 0.421. The van der Waals surface area contributed by atoms with Crippen molar-refractivity contribution in [1.29, 1.82) is 0 Å². The summed E-state index contributed by atoms with van der Waals surface area (Å²) >= 11 is 1.67. The maximum Gasteiger partial charge on any atom is 0.317 e. The van der Waals surface area contributed by atoms with Crippen LogP contribution in [0.15, 0.2) is 41.8 Å². The van der Waals surface area contributed by atoms with Crippen molar-refractivity contribution in [2.45, 2.75) is 32.4 Å². The van der Waals surface area contributed by atoms with Crippen molar-refractivity contribution in [1.82, 2.24) is 10.2 Å². The molecule has 1 aliphatic rings. The van der Waals surface area contributed by atoms with Crippen LogP contribution in [0.1, 0.15) is 34.9 Å². The van der Waals surface area contributed by atoms with Gasteiger partial charge in [-0.05, 0) is 48.3 Å². The third-order valence-electron chi connectivity index (χ3n) is 4.78. The summed E-state index contributed by atoms with van der Waals surface area (Å²) in [6.07, 6.45) is 1.23. The molecule has 0 bridgehead atoms. The topological polar surface area (TPSA) is 52.6 Å². The molecule has 2 heterocycles. The smallest absolute Gasteiger partial charge is 0.317 e. The van der Waals surface area contributed by atoms with Gasteiger partial charge in [-0.3, -0.25) is 0 Å². The summed E-state index contributed by atoms with van der Waals surface area (Å²) in [7, 11) is 0. The first-order valence-corrected chi connectivity index (χ1v) is 9.32. The van der Waals surface area contributed by atoms with Crippen LogP contribution < -0.4 is 5.32 Å². The number of aliphatic hydroxyl groups is 1. The maximum absolute atomic E-state index is 12.3. The zero-order valence-corrected chi connectivity index (χ0v) is 14.8. The Morgan fingerprint density at radius 1 is 1.29 bits per heavy atom. The Labute approximate surface area is 147 Å². The van der Waals surface area contributed by atoms with Gasteiger partial charge in [-0.15, -0.1) is 11.3 Å². The zero-order chi connectivity index (χ0) is 16.9. The molecule has 1 saturated heterocycles. The highest BCUT2D eigenvalue weighted by atomic mass is 32.1. The fourth-order valence-electron chi connectivity index (χ4n) is 3.19. The molecule has 0 aliphatic carbocycles. The molecule has 4 nitrogen and oxygen atoms in total. The van der Waals surface area contributed by atoms with E-state index in [1.54, 1.807) is 11.3 Å². The maximum atomic E-state index is 12.3. The minimum absolute atomic E-state index is 0.00421. The number of hydrogen-bond acceptors (Lipinski definition) is 3. The van der Waals surface area contributed by atoms with Gasteiger partial charge in [0.15, 0.2) is 0 Å². The van der Waals surface area contributed by atoms with E-state index >= 15 is 0 Å². The third-order valence-corrected chi connectivity index (χ3v) is 5.81. The van der Waals surface area contributed by atoms with Crippen molar-refractivity contribution in [2.24, 2.45) is 5.92 Å². The first-order valence-electron chi connectivity index (χ1n) is 8.44. The zero-order valence-electron chi connectivity index (χ0n) is 13.9. The third kappa shape index (κ3) is 3.97. The Morgan fingerprint density at radius 2 is 2.00 bits per heavy atom. The van der Waals surface area contributed by atoms with E-state index < -0.39 is 6.10 Å². The number of nitrogens with zero attached hydrogens (tertiary/aromatic N) is 1. The summed E-state index contributed by atoms with van der Waals surface area (Å²) in [4.78, 5) is 15.4. The Morgan fingerprint density at radius 3 is 2.62 bits per heavy atom. The average Bonchev–Trinajstić information content (AvgIpc) is 3.05. The van der Waals surface area contributed by atoms with Crippen molar-refractivity contribution >= 4 is 17.4 Å². The van der Waals surface area contributed by atoms with Gasteiger partial charge in [0.05, 0.1) is 12.6 Å². The minimum atomic E-state index is -0.440. The van der Waals surface area contributed by atoms with Crippen LogP contribution in [0.5, 0.6) is 0 Å². The van der Waals surface area contributed by atoms with Gasteiger partial charge < -0.3 is 15.3 Å². The molecule has 1 aromatic heterocycles.